The lowest BCUT2D eigenvalue weighted by Gasteiger charge is -2.21. The molecular weight excluding hydrogens is 328 g/mol. The van der Waals surface area contributed by atoms with E-state index in [9.17, 15) is 4.79 Å². The summed E-state index contributed by atoms with van der Waals surface area (Å²) in [5.74, 6) is 1.03. The van der Waals surface area contributed by atoms with Crippen LogP contribution in [0.2, 0.25) is 0 Å². The highest BCUT2D eigenvalue weighted by molar-refractivity contribution is 5.97. The summed E-state index contributed by atoms with van der Waals surface area (Å²) in [7, 11) is 0. The van der Waals surface area contributed by atoms with E-state index in [2.05, 4.69) is 34.2 Å². The fraction of sp³-hybridized carbons (Fsp3) is 0.300. The Kier molecular flexibility index (Phi) is 4.03. The zero-order valence-corrected chi connectivity index (χ0v) is 15.1. The van der Waals surface area contributed by atoms with Gasteiger partial charge in [-0.3, -0.25) is 9.78 Å². The molecule has 1 amide bonds. The fourth-order valence-corrected chi connectivity index (χ4v) is 3.71. The number of anilines is 1. The summed E-state index contributed by atoms with van der Waals surface area (Å²) >= 11 is 0. The molecule has 4 rings (SSSR count). The lowest BCUT2D eigenvalue weighted by molar-refractivity contribution is -0.117. The second-order valence-corrected chi connectivity index (χ2v) is 6.84. The number of aryl methyl sites for hydroxylation is 3. The Labute approximate surface area is 151 Å². The molecule has 0 bridgehead atoms. The van der Waals surface area contributed by atoms with Crippen LogP contribution in [0.3, 0.4) is 0 Å². The standard InChI is InChI=1S/C20H20N4O2/c1-12-8-13(2)18(14(3)9-12)24-11-16(10-17(24)25)20-22-19(23-26-20)15-4-6-21-7-5-15/h4-9,16H,10-11H2,1-3H3. The van der Waals surface area contributed by atoms with E-state index in [4.69, 9.17) is 4.52 Å². The number of amides is 1. The van der Waals surface area contributed by atoms with E-state index in [0.29, 0.717) is 24.7 Å². The molecule has 0 spiro atoms. The van der Waals surface area contributed by atoms with Crippen LogP contribution >= 0.6 is 0 Å². The number of nitrogens with zero attached hydrogens (tertiary/aromatic N) is 4. The van der Waals surface area contributed by atoms with Crippen LogP contribution in [-0.2, 0) is 4.79 Å². The van der Waals surface area contributed by atoms with Gasteiger partial charge in [0.25, 0.3) is 0 Å². The van der Waals surface area contributed by atoms with E-state index in [0.717, 1.165) is 22.4 Å². The van der Waals surface area contributed by atoms with E-state index >= 15 is 0 Å². The van der Waals surface area contributed by atoms with Crippen molar-refractivity contribution in [1.82, 2.24) is 15.1 Å². The van der Waals surface area contributed by atoms with Gasteiger partial charge in [-0.05, 0) is 44.0 Å². The Hall–Kier alpha value is -3.02. The van der Waals surface area contributed by atoms with Crippen molar-refractivity contribution in [1.29, 1.82) is 0 Å². The lowest BCUT2D eigenvalue weighted by atomic mass is 10.0. The summed E-state index contributed by atoms with van der Waals surface area (Å²) in [6.07, 6.45) is 3.76. The molecule has 1 fully saturated rings. The first-order chi connectivity index (χ1) is 12.5. The van der Waals surface area contributed by atoms with Crippen LogP contribution < -0.4 is 4.90 Å². The minimum Gasteiger partial charge on any atom is -0.339 e. The van der Waals surface area contributed by atoms with Gasteiger partial charge in [-0.15, -0.1) is 0 Å². The van der Waals surface area contributed by atoms with Crippen molar-refractivity contribution >= 4 is 11.6 Å². The van der Waals surface area contributed by atoms with E-state index in [1.807, 2.05) is 30.9 Å². The molecular formula is C20H20N4O2. The SMILES string of the molecule is Cc1cc(C)c(N2CC(c3nc(-c4ccncc4)no3)CC2=O)c(C)c1. The average Bonchev–Trinajstić information content (AvgIpc) is 3.22. The van der Waals surface area contributed by atoms with Crippen LogP contribution in [0.5, 0.6) is 0 Å². The van der Waals surface area contributed by atoms with Crippen molar-refractivity contribution in [2.24, 2.45) is 0 Å². The van der Waals surface area contributed by atoms with Crippen molar-refractivity contribution in [2.45, 2.75) is 33.1 Å². The Bertz CT molecular complexity index is 942. The van der Waals surface area contributed by atoms with Gasteiger partial charge in [0.2, 0.25) is 17.6 Å². The highest BCUT2D eigenvalue weighted by atomic mass is 16.5. The number of hydrogen-bond donors (Lipinski definition) is 0. The van der Waals surface area contributed by atoms with Crippen LogP contribution in [0, 0.1) is 20.8 Å². The van der Waals surface area contributed by atoms with Crippen molar-refractivity contribution in [3.63, 3.8) is 0 Å². The van der Waals surface area contributed by atoms with Crippen molar-refractivity contribution < 1.29 is 9.32 Å². The minimum atomic E-state index is -0.0920. The minimum absolute atomic E-state index is 0.0914. The first-order valence-electron chi connectivity index (χ1n) is 8.65. The molecule has 132 valence electrons. The van der Waals surface area contributed by atoms with Gasteiger partial charge in [0.1, 0.15) is 0 Å². The zero-order chi connectivity index (χ0) is 18.3. The molecule has 0 radical (unpaired) electrons. The van der Waals surface area contributed by atoms with Crippen molar-refractivity contribution in [3.05, 3.63) is 59.2 Å². The van der Waals surface area contributed by atoms with Gasteiger partial charge in [0.05, 0.1) is 5.92 Å². The Morgan fingerprint density at radius 3 is 2.50 bits per heavy atom. The number of aromatic nitrogens is 3. The highest BCUT2D eigenvalue weighted by Gasteiger charge is 2.36. The molecule has 1 aliphatic rings. The third-order valence-corrected chi connectivity index (χ3v) is 4.76. The maximum Gasteiger partial charge on any atom is 0.232 e. The van der Waals surface area contributed by atoms with Crippen LogP contribution in [0.4, 0.5) is 5.69 Å². The maximum atomic E-state index is 12.7. The van der Waals surface area contributed by atoms with Crippen LogP contribution in [-0.4, -0.2) is 27.6 Å². The molecule has 3 aromatic rings. The molecule has 6 heteroatoms. The summed E-state index contributed by atoms with van der Waals surface area (Å²) in [5, 5.41) is 4.06. The first kappa shape index (κ1) is 16.4. The number of carbonyl (C=O) groups is 1. The summed E-state index contributed by atoms with van der Waals surface area (Å²) in [5.41, 5.74) is 5.27. The van der Waals surface area contributed by atoms with Crippen LogP contribution in [0.15, 0.2) is 41.2 Å². The predicted octanol–water partition coefficient (Wildman–Crippen LogP) is 3.58. The molecule has 3 heterocycles. The van der Waals surface area contributed by atoms with Crippen LogP contribution in [0.25, 0.3) is 11.4 Å². The monoisotopic (exact) mass is 348 g/mol. The fourth-order valence-electron chi connectivity index (χ4n) is 3.71. The Morgan fingerprint density at radius 1 is 1.12 bits per heavy atom. The second-order valence-electron chi connectivity index (χ2n) is 6.84. The van der Waals surface area contributed by atoms with Gasteiger partial charge < -0.3 is 9.42 Å². The van der Waals surface area contributed by atoms with Crippen LogP contribution in [0.1, 0.15) is 34.9 Å². The molecule has 2 aromatic heterocycles. The van der Waals surface area contributed by atoms with E-state index in [-0.39, 0.29) is 11.8 Å². The normalized spacial score (nSPS) is 17.1. The van der Waals surface area contributed by atoms with Gasteiger partial charge in [0, 0.05) is 36.6 Å². The molecule has 1 aromatic carbocycles. The average molecular weight is 348 g/mol. The van der Waals surface area contributed by atoms with E-state index in [1.54, 1.807) is 12.4 Å². The van der Waals surface area contributed by atoms with Crippen molar-refractivity contribution in [3.8, 4) is 11.4 Å². The first-order valence-corrected chi connectivity index (χ1v) is 8.65. The topological polar surface area (TPSA) is 72.1 Å². The highest BCUT2D eigenvalue weighted by Crippen LogP contribution is 2.35. The molecule has 26 heavy (non-hydrogen) atoms. The number of carbonyl (C=O) groups excluding carboxylic acids is 1. The molecule has 1 saturated heterocycles. The Morgan fingerprint density at radius 2 is 1.81 bits per heavy atom. The molecule has 6 nitrogen and oxygen atoms in total. The van der Waals surface area contributed by atoms with Gasteiger partial charge in [-0.2, -0.15) is 4.98 Å². The third kappa shape index (κ3) is 2.87. The van der Waals surface area contributed by atoms with E-state index < -0.39 is 0 Å². The van der Waals surface area contributed by atoms with Gasteiger partial charge in [-0.1, -0.05) is 22.9 Å². The number of hydrogen-bond acceptors (Lipinski definition) is 5. The summed E-state index contributed by atoms with van der Waals surface area (Å²) in [4.78, 5) is 23.0. The molecule has 0 N–H and O–H groups in total. The predicted molar refractivity (Wildman–Crippen MR) is 97.9 cm³/mol. The summed E-state index contributed by atoms with van der Waals surface area (Å²) < 4.78 is 5.45. The number of benzene rings is 1. The molecule has 1 aliphatic heterocycles. The summed E-state index contributed by atoms with van der Waals surface area (Å²) in [6.45, 7) is 6.72. The molecule has 1 atom stereocenters. The largest absolute Gasteiger partial charge is 0.339 e. The van der Waals surface area contributed by atoms with Crippen molar-refractivity contribution in [2.75, 3.05) is 11.4 Å². The Balaban J connectivity index is 1.60. The lowest BCUT2D eigenvalue weighted by Crippen LogP contribution is -2.26. The molecule has 0 aliphatic carbocycles. The molecule has 0 saturated carbocycles. The van der Waals surface area contributed by atoms with E-state index in [1.165, 1.54) is 5.56 Å². The third-order valence-electron chi connectivity index (χ3n) is 4.76. The maximum absolute atomic E-state index is 12.7. The number of rotatable bonds is 3. The van der Waals surface area contributed by atoms with Gasteiger partial charge >= 0.3 is 0 Å². The summed E-state index contributed by atoms with van der Waals surface area (Å²) in [6, 6.07) is 7.88. The smallest absolute Gasteiger partial charge is 0.232 e. The van der Waals surface area contributed by atoms with Gasteiger partial charge in [-0.25, -0.2) is 0 Å². The zero-order valence-electron chi connectivity index (χ0n) is 15.1. The second kappa shape index (κ2) is 6.37. The molecule has 1 unspecified atom stereocenters. The van der Waals surface area contributed by atoms with Gasteiger partial charge in [0.15, 0.2) is 0 Å². The number of pyridine rings is 1. The quantitative estimate of drug-likeness (QED) is 0.723.